The molecule has 0 saturated heterocycles. The van der Waals surface area contributed by atoms with Crippen molar-refractivity contribution in [3.05, 3.63) is 60.4 Å². The van der Waals surface area contributed by atoms with Gasteiger partial charge in [-0.2, -0.15) is 9.41 Å². The van der Waals surface area contributed by atoms with Gasteiger partial charge in [-0.15, -0.1) is 0 Å². The summed E-state index contributed by atoms with van der Waals surface area (Å²) < 4.78 is 27.7. The molecule has 1 heterocycles. The third-order valence-corrected chi connectivity index (χ3v) is 6.63. The van der Waals surface area contributed by atoms with Crippen LogP contribution in [0.15, 0.2) is 64.9 Å². The van der Waals surface area contributed by atoms with Gasteiger partial charge >= 0.3 is 0 Å². The van der Waals surface area contributed by atoms with Gasteiger partial charge < -0.3 is 0 Å². The van der Waals surface area contributed by atoms with Gasteiger partial charge in [0.15, 0.2) is 0 Å². The van der Waals surface area contributed by atoms with E-state index in [2.05, 4.69) is 15.5 Å². The maximum atomic E-state index is 13.2. The summed E-state index contributed by atoms with van der Waals surface area (Å²) in [5.41, 5.74) is 3.16. The zero-order chi connectivity index (χ0) is 19.8. The molecule has 0 radical (unpaired) electrons. The van der Waals surface area contributed by atoms with Crippen molar-refractivity contribution in [1.82, 2.24) is 14.7 Å². The molecule has 1 aromatic carbocycles. The standard InChI is InChI=1S/C20H24N4O3S/c25-20(23-22-15-17-8-7-13-21-14-17)16-24(18-9-3-1-4-10-18)28(26,27)19-11-5-2-6-12-19/h2,5-8,11-15,18H,1,3-4,9-10,16H2,(H,23,25)/b22-15+. The molecule has 1 aliphatic carbocycles. The fourth-order valence-electron chi connectivity index (χ4n) is 3.32. The van der Waals surface area contributed by atoms with Gasteiger partial charge in [0.05, 0.1) is 17.7 Å². The molecule has 1 fully saturated rings. The molecule has 0 unspecified atom stereocenters. The van der Waals surface area contributed by atoms with Crippen LogP contribution in [0.2, 0.25) is 0 Å². The minimum atomic E-state index is -3.76. The largest absolute Gasteiger partial charge is 0.272 e. The summed E-state index contributed by atoms with van der Waals surface area (Å²) in [4.78, 5) is 16.6. The fraction of sp³-hybridized carbons (Fsp3) is 0.350. The highest BCUT2D eigenvalue weighted by Gasteiger charge is 2.33. The van der Waals surface area contributed by atoms with E-state index in [1.54, 1.807) is 54.9 Å². The monoisotopic (exact) mass is 400 g/mol. The predicted octanol–water partition coefficient (Wildman–Crippen LogP) is 2.56. The lowest BCUT2D eigenvalue weighted by atomic mass is 9.95. The maximum Gasteiger partial charge on any atom is 0.255 e. The van der Waals surface area contributed by atoms with Crippen LogP contribution in [0.4, 0.5) is 0 Å². The molecule has 0 spiro atoms. The second kappa shape index (κ2) is 9.57. The smallest absolute Gasteiger partial charge is 0.255 e. The highest BCUT2D eigenvalue weighted by atomic mass is 32.2. The summed E-state index contributed by atoms with van der Waals surface area (Å²) in [6, 6.07) is 11.6. The lowest BCUT2D eigenvalue weighted by Gasteiger charge is -2.32. The Morgan fingerprint density at radius 3 is 2.57 bits per heavy atom. The van der Waals surface area contributed by atoms with Crippen molar-refractivity contribution < 1.29 is 13.2 Å². The van der Waals surface area contributed by atoms with Crippen LogP contribution in [0.25, 0.3) is 0 Å². The molecule has 0 atom stereocenters. The molecule has 28 heavy (non-hydrogen) atoms. The van der Waals surface area contributed by atoms with Crippen LogP contribution >= 0.6 is 0 Å². The Bertz CT molecular complexity index is 896. The van der Waals surface area contributed by atoms with E-state index >= 15 is 0 Å². The number of aromatic nitrogens is 1. The topological polar surface area (TPSA) is 91.7 Å². The van der Waals surface area contributed by atoms with Gasteiger partial charge in [0.25, 0.3) is 5.91 Å². The first-order chi connectivity index (χ1) is 13.6. The quantitative estimate of drug-likeness (QED) is 0.571. The second-order valence-corrected chi connectivity index (χ2v) is 8.63. The molecule has 2 aromatic rings. The molecular weight excluding hydrogens is 376 g/mol. The number of amides is 1. The van der Waals surface area contributed by atoms with E-state index in [9.17, 15) is 13.2 Å². The number of nitrogens with one attached hydrogen (secondary N) is 1. The van der Waals surface area contributed by atoms with Crippen LogP contribution in [-0.4, -0.2) is 42.4 Å². The summed E-state index contributed by atoms with van der Waals surface area (Å²) in [5, 5.41) is 3.91. The van der Waals surface area contributed by atoms with E-state index in [0.717, 1.165) is 37.7 Å². The first-order valence-electron chi connectivity index (χ1n) is 9.36. The fourth-order valence-corrected chi connectivity index (χ4v) is 4.98. The predicted molar refractivity (Wildman–Crippen MR) is 107 cm³/mol. The molecule has 1 aliphatic rings. The van der Waals surface area contributed by atoms with Crippen molar-refractivity contribution in [1.29, 1.82) is 0 Å². The molecule has 1 saturated carbocycles. The lowest BCUT2D eigenvalue weighted by molar-refractivity contribution is -0.121. The van der Waals surface area contributed by atoms with Crippen molar-refractivity contribution in [3.8, 4) is 0 Å². The summed E-state index contributed by atoms with van der Waals surface area (Å²) in [6.45, 7) is -0.258. The van der Waals surface area contributed by atoms with E-state index < -0.39 is 15.9 Å². The normalized spacial score (nSPS) is 15.8. The van der Waals surface area contributed by atoms with Gasteiger partial charge in [0, 0.05) is 24.0 Å². The minimum absolute atomic E-state index is 0.174. The van der Waals surface area contributed by atoms with Crippen molar-refractivity contribution >= 4 is 22.1 Å². The molecule has 1 amide bonds. The van der Waals surface area contributed by atoms with Gasteiger partial charge in [0.2, 0.25) is 10.0 Å². The zero-order valence-electron chi connectivity index (χ0n) is 15.6. The molecule has 8 heteroatoms. The summed E-state index contributed by atoms with van der Waals surface area (Å²) >= 11 is 0. The van der Waals surface area contributed by atoms with Gasteiger partial charge in [-0.1, -0.05) is 43.5 Å². The average molecular weight is 401 g/mol. The Labute approximate surface area is 165 Å². The molecule has 0 bridgehead atoms. The number of sulfonamides is 1. The number of hydrogen-bond donors (Lipinski definition) is 1. The van der Waals surface area contributed by atoms with Crippen molar-refractivity contribution in [2.45, 2.75) is 43.0 Å². The van der Waals surface area contributed by atoms with Crippen LogP contribution in [0, 0.1) is 0 Å². The number of pyridine rings is 1. The molecular formula is C20H24N4O3S. The molecule has 3 rings (SSSR count). The van der Waals surface area contributed by atoms with Crippen molar-refractivity contribution in [2.75, 3.05) is 6.54 Å². The molecule has 0 aliphatic heterocycles. The number of carbonyl (C=O) groups excluding carboxylic acids is 1. The summed E-state index contributed by atoms with van der Waals surface area (Å²) in [6.07, 6.45) is 9.28. The number of rotatable bonds is 7. The van der Waals surface area contributed by atoms with Gasteiger partial charge in [-0.25, -0.2) is 13.8 Å². The van der Waals surface area contributed by atoms with Crippen LogP contribution in [0.1, 0.15) is 37.7 Å². The SMILES string of the molecule is O=C(CN(C1CCCCC1)S(=O)(=O)c1ccccc1)N/N=C/c1cccnc1. The van der Waals surface area contributed by atoms with Gasteiger partial charge in [-0.3, -0.25) is 9.78 Å². The van der Waals surface area contributed by atoms with Crippen LogP contribution in [-0.2, 0) is 14.8 Å². The summed E-state index contributed by atoms with van der Waals surface area (Å²) in [7, 11) is -3.76. The number of hydrogen-bond acceptors (Lipinski definition) is 5. The molecule has 7 nitrogen and oxygen atoms in total. The Morgan fingerprint density at radius 1 is 1.14 bits per heavy atom. The Morgan fingerprint density at radius 2 is 1.89 bits per heavy atom. The van der Waals surface area contributed by atoms with E-state index in [-0.39, 0.29) is 17.5 Å². The third kappa shape index (κ3) is 5.24. The first kappa shape index (κ1) is 20.2. The summed E-state index contributed by atoms with van der Waals surface area (Å²) in [5.74, 6) is -0.467. The number of nitrogens with zero attached hydrogens (tertiary/aromatic N) is 3. The average Bonchev–Trinajstić information content (AvgIpc) is 2.74. The lowest BCUT2D eigenvalue weighted by Crippen LogP contribution is -2.46. The van der Waals surface area contributed by atoms with E-state index in [1.807, 2.05) is 0 Å². The number of carbonyl (C=O) groups is 1. The van der Waals surface area contributed by atoms with Gasteiger partial charge in [0.1, 0.15) is 0 Å². The number of hydrazone groups is 1. The van der Waals surface area contributed by atoms with Crippen molar-refractivity contribution in [3.63, 3.8) is 0 Å². The first-order valence-corrected chi connectivity index (χ1v) is 10.8. The van der Waals surface area contributed by atoms with E-state index in [1.165, 1.54) is 10.5 Å². The Hall–Kier alpha value is -2.58. The third-order valence-electron chi connectivity index (χ3n) is 4.72. The van der Waals surface area contributed by atoms with Crippen LogP contribution in [0.5, 0.6) is 0 Å². The van der Waals surface area contributed by atoms with Crippen LogP contribution in [0.3, 0.4) is 0 Å². The maximum absolute atomic E-state index is 13.2. The highest BCUT2D eigenvalue weighted by Crippen LogP contribution is 2.27. The van der Waals surface area contributed by atoms with Crippen LogP contribution < -0.4 is 5.43 Å². The number of benzene rings is 1. The minimum Gasteiger partial charge on any atom is -0.272 e. The van der Waals surface area contributed by atoms with E-state index in [0.29, 0.717) is 0 Å². The van der Waals surface area contributed by atoms with Crippen molar-refractivity contribution in [2.24, 2.45) is 5.10 Å². The van der Waals surface area contributed by atoms with E-state index in [4.69, 9.17) is 0 Å². The molecule has 1 aromatic heterocycles. The second-order valence-electron chi connectivity index (χ2n) is 6.73. The Kier molecular flexibility index (Phi) is 6.89. The highest BCUT2D eigenvalue weighted by molar-refractivity contribution is 7.89. The van der Waals surface area contributed by atoms with Gasteiger partial charge in [-0.05, 0) is 31.0 Å². The molecule has 1 N–H and O–H groups in total. The Balaban J connectivity index is 1.73. The zero-order valence-corrected chi connectivity index (χ0v) is 16.4. The molecule has 148 valence electrons.